The van der Waals surface area contributed by atoms with E-state index in [4.69, 9.17) is 0 Å². The van der Waals surface area contributed by atoms with Gasteiger partial charge in [0.2, 0.25) is 0 Å². The first-order valence-corrected chi connectivity index (χ1v) is 3.67. The third-order valence-electron chi connectivity index (χ3n) is 1.88. The molecule has 0 bridgehead atoms. The van der Waals surface area contributed by atoms with Gasteiger partial charge in [0, 0.05) is 13.2 Å². The lowest BCUT2D eigenvalue weighted by molar-refractivity contribution is 0.481. The van der Waals surface area contributed by atoms with E-state index in [9.17, 15) is 5.11 Å². The fraction of sp³-hybridized carbons (Fsp3) is 0.250. The maximum Gasteiger partial charge on any atom is 0.161 e. The Morgan fingerprint density at radius 3 is 2.92 bits per heavy atom. The number of hydrogen-bond acceptors (Lipinski definition) is 3. The molecule has 2 aromatic rings. The van der Waals surface area contributed by atoms with E-state index in [1.165, 1.54) is 0 Å². The van der Waals surface area contributed by atoms with Gasteiger partial charge in [-0.25, -0.2) is 4.98 Å². The predicted octanol–water partition coefficient (Wildman–Crippen LogP) is 0.982. The Balaban J connectivity index is 2.99. The van der Waals surface area contributed by atoms with Gasteiger partial charge in [-0.1, -0.05) is 0 Å². The molecule has 4 heteroatoms. The van der Waals surface area contributed by atoms with Crippen molar-refractivity contribution in [3.63, 3.8) is 0 Å². The van der Waals surface area contributed by atoms with Crippen molar-refractivity contribution in [2.45, 2.75) is 6.92 Å². The van der Waals surface area contributed by atoms with Crippen LogP contribution in [0.5, 0.6) is 5.75 Å². The number of nitrogens with zero attached hydrogens (tertiary/aromatic N) is 3. The topological polar surface area (TPSA) is 50.9 Å². The van der Waals surface area contributed by atoms with Crippen LogP contribution < -0.4 is 0 Å². The van der Waals surface area contributed by atoms with Gasteiger partial charge in [-0.2, -0.15) is 5.10 Å². The SMILES string of the molecule is Cc1nn(C)c2nccc(O)c12. The van der Waals surface area contributed by atoms with Gasteiger partial charge in [-0.15, -0.1) is 0 Å². The molecule has 2 heterocycles. The standard InChI is InChI=1S/C8H9N3O/c1-5-7-6(12)3-4-9-8(7)11(2)10-5/h3-4H,1-2H3,(H,9,12). The lowest BCUT2D eigenvalue weighted by Crippen LogP contribution is -1.90. The average Bonchev–Trinajstić information content (AvgIpc) is 2.29. The van der Waals surface area contributed by atoms with Crippen LogP contribution >= 0.6 is 0 Å². The second kappa shape index (κ2) is 2.20. The summed E-state index contributed by atoms with van der Waals surface area (Å²) in [4.78, 5) is 4.10. The number of hydrogen-bond donors (Lipinski definition) is 1. The van der Waals surface area contributed by atoms with Crippen LogP contribution in [0, 0.1) is 6.92 Å². The normalized spacial score (nSPS) is 10.8. The molecule has 0 saturated carbocycles. The van der Waals surface area contributed by atoms with E-state index < -0.39 is 0 Å². The van der Waals surface area contributed by atoms with Crippen molar-refractivity contribution in [2.24, 2.45) is 7.05 Å². The number of aromatic hydroxyl groups is 1. The Morgan fingerprint density at radius 1 is 1.50 bits per heavy atom. The number of rotatable bonds is 0. The number of aromatic nitrogens is 3. The summed E-state index contributed by atoms with van der Waals surface area (Å²) in [5.74, 6) is 0.241. The highest BCUT2D eigenvalue weighted by molar-refractivity contribution is 5.84. The van der Waals surface area contributed by atoms with E-state index in [0.717, 1.165) is 11.1 Å². The second-order valence-electron chi connectivity index (χ2n) is 2.74. The Kier molecular flexibility index (Phi) is 1.30. The first-order valence-electron chi connectivity index (χ1n) is 3.67. The van der Waals surface area contributed by atoms with Crippen LogP contribution in [0.3, 0.4) is 0 Å². The third kappa shape index (κ3) is 0.777. The number of pyridine rings is 1. The molecule has 12 heavy (non-hydrogen) atoms. The molecule has 0 aromatic carbocycles. The molecule has 0 aliphatic heterocycles. The quantitative estimate of drug-likeness (QED) is 0.629. The van der Waals surface area contributed by atoms with Gasteiger partial charge in [0.15, 0.2) is 5.65 Å². The maximum atomic E-state index is 9.47. The highest BCUT2D eigenvalue weighted by Gasteiger charge is 2.08. The number of aryl methyl sites for hydroxylation is 2. The molecule has 0 fully saturated rings. The van der Waals surface area contributed by atoms with E-state index in [1.54, 1.807) is 16.9 Å². The van der Waals surface area contributed by atoms with Gasteiger partial charge in [0.1, 0.15) is 5.75 Å². The molecule has 0 spiro atoms. The molecule has 0 saturated heterocycles. The van der Waals surface area contributed by atoms with E-state index in [2.05, 4.69) is 10.1 Å². The molecular weight excluding hydrogens is 154 g/mol. The summed E-state index contributed by atoms with van der Waals surface area (Å²) in [6.45, 7) is 1.85. The summed E-state index contributed by atoms with van der Waals surface area (Å²) in [6.07, 6.45) is 1.57. The summed E-state index contributed by atoms with van der Waals surface area (Å²) in [5.41, 5.74) is 1.52. The lowest BCUT2D eigenvalue weighted by atomic mass is 10.2. The molecule has 0 amide bonds. The maximum absolute atomic E-state index is 9.47. The fourth-order valence-electron chi connectivity index (χ4n) is 1.36. The summed E-state index contributed by atoms with van der Waals surface area (Å²) < 4.78 is 1.66. The third-order valence-corrected chi connectivity index (χ3v) is 1.88. The van der Waals surface area contributed by atoms with Crippen molar-refractivity contribution in [2.75, 3.05) is 0 Å². The molecule has 4 nitrogen and oxygen atoms in total. The molecule has 1 N–H and O–H groups in total. The van der Waals surface area contributed by atoms with Crippen LogP contribution in [-0.2, 0) is 7.05 Å². The molecule has 2 rings (SSSR count). The van der Waals surface area contributed by atoms with Gasteiger partial charge >= 0.3 is 0 Å². The van der Waals surface area contributed by atoms with Crippen molar-refractivity contribution in [1.29, 1.82) is 0 Å². The summed E-state index contributed by atoms with van der Waals surface area (Å²) in [7, 11) is 1.81. The molecule has 0 unspecified atom stereocenters. The molecule has 62 valence electrons. The summed E-state index contributed by atoms with van der Waals surface area (Å²) >= 11 is 0. The Bertz CT molecular complexity index is 433. The zero-order chi connectivity index (χ0) is 8.72. The van der Waals surface area contributed by atoms with E-state index >= 15 is 0 Å². The van der Waals surface area contributed by atoms with Gasteiger partial charge in [0.25, 0.3) is 0 Å². The van der Waals surface area contributed by atoms with E-state index in [1.807, 2.05) is 14.0 Å². The monoisotopic (exact) mass is 163 g/mol. The van der Waals surface area contributed by atoms with Gasteiger partial charge < -0.3 is 5.11 Å². The van der Waals surface area contributed by atoms with Crippen molar-refractivity contribution in [1.82, 2.24) is 14.8 Å². The van der Waals surface area contributed by atoms with Crippen LogP contribution in [0.15, 0.2) is 12.3 Å². The molecule has 0 radical (unpaired) electrons. The fourth-order valence-corrected chi connectivity index (χ4v) is 1.36. The van der Waals surface area contributed by atoms with Crippen LogP contribution in [-0.4, -0.2) is 19.9 Å². The van der Waals surface area contributed by atoms with Gasteiger partial charge in [0.05, 0.1) is 11.1 Å². The van der Waals surface area contributed by atoms with E-state index in [-0.39, 0.29) is 5.75 Å². The van der Waals surface area contributed by atoms with Gasteiger partial charge in [-0.05, 0) is 13.0 Å². The van der Waals surface area contributed by atoms with Crippen molar-refractivity contribution < 1.29 is 5.11 Å². The van der Waals surface area contributed by atoms with Gasteiger partial charge in [-0.3, -0.25) is 4.68 Å². The van der Waals surface area contributed by atoms with Crippen LogP contribution in [0.1, 0.15) is 5.69 Å². The first-order chi connectivity index (χ1) is 5.70. The highest BCUT2D eigenvalue weighted by Crippen LogP contribution is 2.24. The zero-order valence-corrected chi connectivity index (χ0v) is 6.94. The van der Waals surface area contributed by atoms with Crippen molar-refractivity contribution in [3.05, 3.63) is 18.0 Å². The average molecular weight is 163 g/mol. The Morgan fingerprint density at radius 2 is 2.25 bits per heavy atom. The van der Waals surface area contributed by atoms with Crippen LogP contribution in [0.2, 0.25) is 0 Å². The lowest BCUT2D eigenvalue weighted by Gasteiger charge is -1.93. The minimum Gasteiger partial charge on any atom is -0.507 e. The van der Waals surface area contributed by atoms with Crippen molar-refractivity contribution in [3.8, 4) is 5.75 Å². The molecule has 0 atom stereocenters. The largest absolute Gasteiger partial charge is 0.507 e. The smallest absolute Gasteiger partial charge is 0.161 e. The Hall–Kier alpha value is -1.58. The van der Waals surface area contributed by atoms with E-state index in [0.29, 0.717) is 5.65 Å². The predicted molar refractivity (Wildman–Crippen MR) is 44.9 cm³/mol. The van der Waals surface area contributed by atoms with Crippen molar-refractivity contribution >= 4 is 11.0 Å². The number of fused-ring (bicyclic) bond motifs is 1. The molecule has 0 aliphatic carbocycles. The summed E-state index contributed by atoms with van der Waals surface area (Å²) in [5, 5.41) is 14.4. The minimum atomic E-state index is 0.241. The molecule has 2 aromatic heterocycles. The zero-order valence-electron chi connectivity index (χ0n) is 6.94. The highest BCUT2D eigenvalue weighted by atomic mass is 16.3. The molecule has 0 aliphatic rings. The van der Waals surface area contributed by atoms with Crippen LogP contribution in [0.25, 0.3) is 11.0 Å². The molecular formula is C8H9N3O. The Labute approximate surface area is 69.5 Å². The summed E-state index contributed by atoms with van der Waals surface area (Å²) in [6, 6.07) is 1.57. The first kappa shape index (κ1) is 7.09. The minimum absolute atomic E-state index is 0.241. The second-order valence-corrected chi connectivity index (χ2v) is 2.74. The van der Waals surface area contributed by atoms with Crippen LogP contribution in [0.4, 0.5) is 0 Å².